The van der Waals surface area contributed by atoms with Crippen molar-refractivity contribution in [1.82, 2.24) is 14.5 Å². The Bertz CT molecular complexity index is 1060. The van der Waals surface area contributed by atoms with Gasteiger partial charge < -0.3 is 14.5 Å². The zero-order valence-corrected chi connectivity index (χ0v) is 18.4. The first-order valence-electron chi connectivity index (χ1n) is 10.5. The summed E-state index contributed by atoms with van der Waals surface area (Å²) < 4.78 is 72.4. The van der Waals surface area contributed by atoms with E-state index < -0.39 is 44.8 Å². The van der Waals surface area contributed by atoms with Crippen LogP contribution in [0, 0.1) is 0 Å². The number of piperazine rings is 1. The van der Waals surface area contributed by atoms with Crippen molar-refractivity contribution in [1.29, 1.82) is 0 Å². The Balaban J connectivity index is 1.47. The molecule has 0 aliphatic carbocycles. The van der Waals surface area contributed by atoms with Crippen LogP contribution in [0.25, 0.3) is 0 Å². The molecule has 3 aliphatic rings. The molecule has 0 radical (unpaired) electrons. The van der Waals surface area contributed by atoms with Gasteiger partial charge in [0.2, 0.25) is 21.8 Å². The lowest BCUT2D eigenvalue weighted by Gasteiger charge is -2.46. The van der Waals surface area contributed by atoms with Gasteiger partial charge in [0.1, 0.15) is 12.1 Å². The topological polar surface area (TPSA) is 96.0 Å². The molecule has 4 atom stereocenters. The first-order chi connectivity index (χ1) is 15.5. The van der Waals surface area contributed by atoms with E-state index in [-0.39, 0.29) is 43.8 Å². The largest absolute Gasteiger partial charge is 0.416 e. The van der Waals surface area contributed by atoms with Crippen LogP contribution >= 0.6 is 0 Å². The van der Waals surface area contributed by atoms with Crippen LogP contribution in [0.1, 0.15) is 24.8 Å². The summed E-state index contributed by atoms with van der Waals surface area (Å²) in [5, 5.41) is 0. The lowest BCUT2D eigenvalue weighted by molar-refractivity contribution is -0.161. The van der Waals surface area contributed by atoms with Crippen LogP contribution in [0.2, 0.25) is 0 Å². The van der Waals surface area contributed by atoms with Gasteiger partial charge in [-0.3, -0.25) is 9.59 Å². The van der Waals surface area contributed by atoms with E-state index in [1.165, 1.54) is 9.80 Å². The van der Waals surface area contributed by atoms with Gasteiger partial charge in [-0.05, 0) is 31.0 Å². The summed E-state index contributed by atoms with van der Waals surface area (Å²) in [4.78, 5) is 28.5. The monoisotopic (exact) mass is 487 g/mol. The number of benzene rings is 1. The Hall–Kier alpha value is -2.44. The standard InChI is InChI=1S/C21H24F3N3O5S/c1-2-8-32-15-11-18-19(28)26-7-6-14(10-17(26)20(29)27(18)12-15)25-33(30,31)16-5-3-4-13(9-16)21(22,23)24/h2-5,9,14-15,17-18,25H,1,6-8,10-12H2/t14-,15-,17-,18+/m0/s1. The van der Waals surface area contributed by atoms with Crippen molar-refractivity contribution in [3.63, 3.8) is 0 Å². The fraction of sp³-hybridized carbons (Fsp3) is 0.524. The van der Waals surface area contributed by atoms with E-state index >= 15 is 0 Å². The maximum atomic E-state index is 13.1. The molecule has 1 N–H and O–H groups in total. The third kappa shape index (κ3) is 4.64. The maximum Gasteiger partial charge on any atom is 0.416 e. The summed E-state index contributed by atoms with van der Waals surface area (Å²) in [7, 11) is -4.26. The SMILES string of the molecule is C=CCO[C@H]1C[C@@H]2C(=O)N3CC[C@H](NS(=O)(=O)c4cccc(C(F)(F)F)c4)C[C@H]3C(=O)N2C1. The predicted molar refractivity (Wildman–Crippen MR) is 110 cm³/mol. The molecule has 33 heavy (non-hydrogen) atoms. The van der Waals surface area contributed by atoms with E-state index in [1.807, 2.05) is 0 Å². The number of hydrogen-bond donors (Lipinski definition) is 1. The van der Waals surface area contributed by atoms with Gasteiger partial charge in [0.25, 0.3) is 0 Å². The molecule has 0 unspecified atom stereocenters. The molecule has 0 spiro atoms. The lowest BCUT2D eigenvalue weighted by atomic mass is 9.93. The van der Waals surface area contributed by atoms with Crippen LogP contribution in [0.3, 0.4) is 0 Å². The van der Waals surface area contributed by atoms with Gasteiger partial charge in [-0.25, -0.2) is 13.1 Å². The third-order valence-corrected chi connectivity index (χ3v) is 7.76. The number of carbonyl (C=O) groups excluding carboxylic acids is 2. The molecule has 1 aromatic rings. The number of halogens is 3. The number of rotatable bonds is 6. The lowest BCUT2D eigenvalue weighted by Crippen LogP contribution is -2.66. The number of hydrogen-bond acceptors (Lipinski definition) is 5. The molecule has 3 fully saturated rings. The number of ether oxygens (including phenoxy) is 1. The van der Waals surface area contributed by atoms with Crippen LogP contribution in [0.4, 0.5) is 13.2 Å². The van der Waals surface area contributed by atoms with Crippen molar-refractivity contribution in [3.8, 4) is 0 Å². The molecule has 0 aromatic heterocycles. The van der Waals surface area contributed by atoms with E-state index in [0.29, 0.717) is 19.1 Å². The molecule has 3 heterocycles. The number of alkyl halides is 3. The zero-order chi connectivity index (χ0) is 24.0. The molecule has 3 saturated heterocycles. The summed E-state index contributed by atoms with van der Waals surface area (Å²) in [6.07, 6.45) is -2.68. The van der Waals surface area contributed by atoms with Crippen molar-refractivity contribution in [2.45, 2.75) is 54.6 Å². The van der Waals surface area contributed by atoms with Gasteiger partial charge in [0.05, 0.1) is 23.2 Å². The first kappa shape index (κ1) is 23.7. The summed E-state index contributed by atoms with van der Waals surface area (Å²) >= 11 is 0. The van der Waals surface area contributed by atoms with E-state index in [4.69, 9.17) is 4.74 Å². The van der Waals surface area contributed by atoms with Crippen LogP contribution in [-0.4, -0.2) is 74.0 Å². The molecule has 2 amide bonds. The normalized spacial score (nSPS) is 28.0. The Morgan fingerprint density at radius 3 is 2.55 bits per heavy atom. The van der Waals surface area contributed by atoms with Crippen LogP contribution in [0.15, 0.2) is 41.8 Å². The van der Waals surface area contributed by atoms with Gasteiger partial charge in [0, 0.05) is 25.6 Å². The van der Waals surface area contributed by atoms with E-state index in [0.717, 1.165) is 18.2 Å². The second-order valence-corrected chi connectivity index (χ2v) is 10.1. The highest BCUT2D eigenvalue weighted by Gasteiger charge is 2.52. The summed E-state index contributed by atoms with van der Waals surface area (Å²) in [6.45, 7) is 4.34. The van der Waals surface area contributed by atoms with Crippen LogP contribution in [-0.2, 0) is 30.5 Å². The Morgan fingerprint density at radius 2 is 1.85 bits per heavy atom. The van der Waals surface area contributed by atoms with Gasteiger partial charge in [-0.15, -0.1) is 6.58 Å². The highest BCUT2D eigenvalue weighted by Crippen LogP contribution is 2.34. The number of nitrogens with one attached hydrogen (secondary N) is 1. The minimum absolute atomic E-state index is 0.0458. The summed E-state index contributed by atoms with van der Waals surface area (Å²) in [6, 6.07) is 1.36. The Morgan fingerprint density at radius 1 is 1.15 bits per heavy atom. The van der Waals surface area contributed by atoms with E-state index in [9.17, 15) is 31.2 Å². The fourth-order valence-electron chi connectivity index (χ4n) is 4.68. The number of carbonyl (C=O) groups is 2. The predicted octanol–water partition coefficient (Wildman–Crippen LogP) is 1.53. The van der Waals surface area contributed by atoms with Crippen molar-refractivity contribution in [2.24, 2.45) is 0 Å². The van der Waals surface area contributed by atoms with E-state index in [1.54, 1.807) is 6.08 Å². The highest BCUT2D eigenvalue weighted by atomic mass is 32.2. The summed E-state index contributed by atoms with van der Waals surface area (Å²) in [5.74, 6) is -0.462. The molecular formula is C21H24F3N3O5S. The van der Waals surface area contributed by atoms with Gasteiger partial charge in [-0.1, -0.05) is 12.1 Å². The summed E-state index contributed by atoms with van der Waals surface area (Å²) in [5.41, 5.74) is -1.07. The van der Waals surface area contributed by atoms with Gasteiger partial charge in [-0.2, -0.15) is 13.2 Å². The van der Waals surface area contributed by atoms with Crippen LogP contribution in [0.5, 0.6) is 0 Å². The number of nitrogens with zero attached hydrogens (tertiary/aromatic N) is 2. The minimum atomic E-state index is -4.68. The Kier molecular flexibility index (Phi) is 6.27. The van der Waals surface area contributed by atoms with Crippen molar-refractivity contribution < 1.29 is 35.9 Å². The second kappa shape index (κ2) is 8.73. The molecule has 3 aliphatic heterocycles. The number of piperidine rings is 1. The molecule has 0 bridgehead atoms. The van der Waals surface area contributed by atoms with Gasteiger partial charge in [0.15, 0.2) is 0 Å². The van der Waals surface area contributed by atoms with Gasteiger partial charge >= 0.3 is 6.18 Å². The molecule has 4 rings (SSSR count). The molecule has 12 heteroatoms. The van der Waals surface area contributed by atoms with Crippen molar-refractivity contribution in [2.75, 3.05) is 19.7 Å². The van der Waals surface area contributed by atoms with Crippen molar-refractivity contribution >= 4 is 21.8 Å². The fourth-order valence-corrected chi connectivity index (χ4v) is 6.01. The minimum Gasteiger partial charge on any atom is -0.372 e. The zero-order valence-electron chi connectivity index (χ0n) is 17.6. The smallest absolute Gasteiger partial charge is 0.372 e. The molecular weight excluding hydrogens is 463 g/mol. The van der Waals surface area contributed by atoms with Crippen molar-refractivity contribution in [3.05, 3.63) is 42.5 Å². The maximum absolute atomic E-state index is 13.1. The average Bonchev–Trinajstić information content (AvgIpc) is 3.20. The van der Waals surface area contributed by atoms with Crippen LogP contribution < -0.4 is 4.72 Å². The molecule has 180 valence electrons. The molecule has 8 nitrogen and oxygen atoms in total. The number of fused-ring (bicyclic) bond motifs is 2. The molecule has 1 aromatic carbocycles. The highest BCUT2D eigenvalue weighted by molar-refractivity contribution is 7.89. The quantitative estimate of drug-likeness (QED) is 0.614. The number of amides is 2. The van der Waals surface area contributed by atoms with E-state index in [2.05, 4.69) is 11.3 Å². The average molecular weight is 488 g/mol. The first-order valence-corrected chi connectivity index (χ1v) is 12.0. The third-order valence-electron chi connectivity index (χ3n) is 6.24. The Labute approximate surface area is 189 Å². The second-order valence-electron chi connectivity index (χ2n) is 8.40. The molecule has 0 saturated carbocycles. The number of sulfonamides is 1.